The average molecular weight is 404 g/mol. The Balaban J connectivity index is 1.83. The zero-order valence-electron chi connectivity index (χ0n) is 15.5. The minimum atomic E-state index is -4.44. The van der Waals surface area contributed by atoms with Crippen LogP contribution in [-0.4, -0.2) is 35.9 Å². The van der Waals surface area contributed by atoms with E-state index in [0.29, 0.717) is 35.7 Å². The SMILES string of the molecule is COCCNC(=O)c1ccc(-n2nc(-c3cccc(C(F)(F)F)c3)cc2N)cc1. The van der Waals surface area contributed by atoms with Crippen LogP contribution >= 0.6 is 0 Å². The molecule has 0 aliphatic rings. The highest BCUT2D eigenvalue weighted by Gasteiger charge is 2.30. The zero-order chi connectivity index (χ0) is 21.0. The fourth-order valence-corrected chi connectivity index (χ4v) is 2.72. The number of aromatic nitrogens is 2. The third-order valence-electron chi connectivity index (χ3n) is 4.19. The van der Waals surface area contributed by atoms with Crippen molar-refractivity contribution < 1.29 is 22.7 Å². The number of carbonyl (C=O) groups is 1. The maximum atomic E-state index is 12.9. The van der Waals surface area contributed by atoms with Gasteiger partial charge in [0.1, 0.15) is 5.82 Å². The van der Waals surface area contributed by atoms with Gasteiger partial charge in [0.25, 0.3) is 5.91 Å². The smallest absolute Gasteiger partial charge is 0.384 e. The number of ether oxygens (including phenoxy) is 1. The molecule has 3 aromatic rings. The number of benzene rings is 2. The van der Waals surface area contributed by atoms with Crippen molar-refractivity contribution in [2.24, 2.45) is 0 Å². The van der Waals surface area contributed by atoms with Crippen LogP contribution in [0, 0.1) is 0 Å². The number of amides is 1. The molecule has 0 aliphatic heterocycles. The van der Waals surface area contributed by atoms with Gasteiger partial charge < -0.3 is 15.8 Å². The predicted molar refractivity (Wildman–Crippen MR) is 103 cm³/mol. The largest absolute Gasteiger partial charge is 0.416 e. The summed E-state index contributed by atoms with van der Waals surface area (Å²) in [5, 5.41) is 7.03. The van der Waals surface area contributed by atoms with E-state index in [4.69, 9.17) is 10.5 Å². The van der Waals surface area contributed by atoms with Gasteiger partial charge in [-0.2, -0.15) is 18.3 Å². The summed E-state index contributed by atoms with van der Waals surface area (Å²) in [6.07, 6.45) is -4.44. The Bertz CT molecular complexity index is 998. The van der Waals surface area contributed by atoms with Crippen molar-refractivity contribution in [3.63, 3.8) is 0 Å². The molecule has 1 amide bonds. The number of methoxy groups -OCH3 is 1. The number of nitrogens with one attached hydrogen (secondary N) is 1. The first-order chi connectivity index (χ1) is 13.8. The lowest BCUT2D eigenvalue weighted by Crippen LogP contribution is -2.26. The summed E-state index contributed by atoms with van der Waals surface area (Å²) in [5.41, 5.74) is 6.89. The van der Waals surface area contributed by atoms with Crippen LogP contribution in [0.2, 0.25) is 0 Å². The predicted octanol–water partition coefficient (Wildman–Crippen LogP) is 3.52. The number of nitrogens with two attached hydrogens (primary N) is 1. The fraction of sp³-hybridized carbons (Fsp3) is 0.200. The normalized spacial score (nSPS) is 11.4. The van der Waals surface area contributed by atoms with E-state index in [9.17, 15) is 18.0 Å². The Labute approximate surface area is 165 Å². The second-order valence-corrected chi connectivity index (χ2v) is 6.24. The molecular formula is C20H19F3N4O2. The zero-order valence-corrected chi connectivity index (χ0v) is 15.5. The number of hydrogen-bond donors (Lipinski definition) is 2. The standard InChI is InChI=1S/C20H19F3N4O2/c1-29-10-9-25-19(28)13-5-7-16(8-6-13)27-18(24)12-17(26-27)14-3-2-4-15(11-14)20(21,22)23/h2-8,11-12H,9-10,24H2,1H3,(H,25,28). The van der Waals surface area contributed by atoms with Crippen molar-refractivity contribution in [2.45, 2.75) is 6.18 Å². The van der Waals surface area contributed by atoms with Gasteiger partial charge in [-0.25, -0.2) is 4.68 Å². The van der Waals surface area contributed by atoms with Crippen molar-refractivity contribution in [1.82, 2.24) is 15.1 Å². The molecule has 3 rings (SSSR count). The highest BCUT2D eigenvalue weighted by molar-refractivity contribution is 5.94. The molecule has 1 aromatic heterocycles. The number of nitrogens with zero attached hydrogens (tertiary/aromatic N) is 2. The molecule has 2 aromatic carbocycles. The van der Waals surface area contributed by atoms with Gasteiger partial charge in [0, 0.05) is 30.8 Å². The molecule has 1 heterocycles. The van der Waals surface area contributed by atoms with E-state index in [1.54, 1.807) is 31.4 Å². The lowest BCUT2D eigenvalue weighted by atomic mass is 10.1. The van der Waals surface area contributed by atoms with Gasteiger partial charge >= 0.3 is 6.18 Å². The number of anilines is 1. The maximum Gasteiger partial charge on any atom is 0.416 e. The van der Waals surface area contributed by atoms with Gasteiger partial charge in [-0.1, -0.05) is 12.1 Å². The van der Waals surface area contributed by atoms with Crippen LogP contribution in [0.3, 0.4) is 0 Å². The highest BCUT2D eigenvalue weighted by atomic mass is 19.4. The summed E-state index contributed by atoms with van der Waals surface area (Å²) in [6.45, 7) is 0.801. The van der Waals surface area contributed by atoms with Crippen LogP contribution in [0.15, 0.2) is 54.6 Å². The molecule has 9 heteroatoms. The number of rotatable bonds is 6. The van der Waals surface area contributed by atoms with E-state index in [-0.39, 0.29) is 11.7 Å². The lowest BCUT2D eigenvalue weighted by Gasteiger charge is -2.08. The summed E-state index contributed by atoms with van der Waals surface area (Å²) < 4.78 is 45.1. The summed E-state index contributed by atoms with van der Waals surface area (Å²) in [7, 11) is 1.54. The van der Waals surface area contributed by atoms with Gasteiger partial charge in [0.2, 0.25) is 0 Å². The van der Waals surface area contributed by atoms with Crippen molar-refractivity contribution in [1.29, 1.82) is 0 Å². The van der Waals surface area contributed by atoms with E-state index in [0.717, 1.165) is 12.1 Å². The van der Waals surface area contributed by atoms with Crippen molar-refractivity contribution in [3.05, 3.63) is 65.7 Å². The Hall–Kier alpha value is -3.33. The Morgan fingerprint density at radius 3 is 2.55 bits per heavy atom. The fourth-order valence-electron chi connectivity index (χ4n) is 2.72. The lowest BCUT2D eigenvalue weighted by molar-refractivity contribution is -0.137. The van der Waals surface area contributed by atoms with Gasteiger partial charge in [-0.05, 0) is 36.4 Å². The molecular weight excluding hydrogens is 385 g/mol. The average Bonchev–Trinajstić information content (AvgIpc) is 3.09. The molecule has 29 heavy (non-hydrogen) atoms. The maximum absolute atomic E-state index is 12.9. The van der Waals surface area contributed by atoms with E-state index in [1.165, 1.54) is 22.9 Å². The highest BCUT2D eigenvalue weighted by Crippen LogP contribution is 2.32. The monoisotopic (exact) mass is 404 g/mol. The van der Waals surface area contributed by atoms with Crippen LogP contribution in [0.1, 0.15) is 15.9 Å². The molecule has 0 bridgehead atoms. The van der Waals surface area contributed by atoms with Crippen LogP contribution in [0.25, 0.3) is 16.9 Å². The van der Waals surface area contributed by atoms with E-state index < -0.39 is 11.7 Å². The third kappa shape index (κ3) is 4.75. The molecule has 6 nitrogen and oxygen atoms in total. The summed E-state index contributed by atoms with van der Waals surface area (Å²) >= 11 is 0. The first-order valence-electron chi connectivity index (χ1n) is 8.70. The first kappa shape index (κ1) is 20.4. The molecule has 0 fully saturated rings. The van der Waals surface area contributed by atoms with Crippen molar-refractivity contribution in [2.75, 3.05) is 26.0 Å². The summed E-state index contributed by atoms with van der Waals surface area (Å²) in [5.74, 6) is 0.0152. The molecule has 0 spiro atoms. The van der Waals surface area contributed by atoms with Crippen molar-refractivity contribution >= 4 is 11.7 Å². The Morgan fingerprint density at radius 1 is 1.17 bits per heavy atom. The molecule has 0 atom stereocenters. The molecule has 3 N–H and O–H groups in total. The van der Waals surface area contributed by atoms with Gasteiger partial charge in [-0.3, -0.25) is 4.79 Å². The van der Waals surface area contributed by atoms with Gasteiger partial charge in [-0.15, -0.1) is 0 Å². The van der Waals surface area contributed by atoms with Crippen molar-refractivity contribution in [3.8, 4) is 16.9 Å². The summed E-state index contributed by atoms with van der Waals surface area (Å²) in [6, 6.07) is 12.9. The van der Waals surface area contributed by atoms with Crippen LogP contribution in [0.5, 0.6) is 0 Å². The Morgan fingerprint density at radius 2 is 1.90 bits per heavy atom. The topological polar surface area (TPSA) is 82.2 Å². The molecule has 152 valence electrons. The third-order valence-corrected chi connectivity index (χ3v) is 4.19. The summed E-state index contributed by atoms with van der Waals surface area (Å²) in [4.78, 5) is 12.0. The number of hydrogen-bond acceptors (Lipinski definition) is 4. The second-order valence-electron chi connectivity index (χ2n) is 6.24. The molecule has 0 aliphatic carbocycles. The van der Waals surface area contributed by atoms with Crippen LogP contribution in [0.4, 0.5) is 19.0 Å². The molecule has 0 unspecified atom stereocenters. The van der Waals surface area contributed by atoms with E-state index in [1.807, 2.05) is 0 Å². The number of alkyl halides is 3. The quantitative estimate of drug-likeness (QED) is 0.616. The Kier molecular flexibility index (Phi) is 5.88. The first-order valence-corrected chi connectivity index (χ1v) is 8.70. The number of nitrogen functional groups attached to an aromatic ring is 1. The number of halogens is 3. The minimum Gasteiger partial charge on any atom is -0.384 e. The van der Waals surface area contributed by atoms with E-state index >= 15 is 0 Å². The number of carbonyl (C=O) groups excluding carboxylic acids is 1. The van der Waals surface area contributed by atoms with Gasteiger partial charge in [0.05, 0.1) is 23.6 Å². The van der Waals surface area contributed by atoms with Gasteiger partial charge in [0.15, 0.2) is 0 Å². The van der Waals surface area contributed by atoms with E-state index in [2.05, 4.69) is 10.4 Å². The van der Waals surface area contributed by atoms with Crippen LogP contribution in [-0.2, 0) is 10.9 Å². The molecule has 0 saturated heterocycles. The molecule has 0 radical (unpaired) electrons. The minimum absolute atomic E-state index is 0.244. The van der Waals surface area contributed by atoms with Crippen LogP contribution < -0.4 is 11.1 Å². The molecule has 0 saturated carbocycles. The second kappa shape index (κ2) is 8.36.